The standard InChI is InChI=1S/C15H20O3/c1-12(11-15(16)18-3)14(17-2)10-9-13-7-5-4-6-8-13/h4-10,12,14H,11H2,1-3H3/b10-9+/t12-,14-/m0/s1. The van der Waals surface area contributed by atoms with Crippen molar-refractivity contribution in [3.63, 3.8) is 0 Å². The van der Waals surface area contributed by atoms with Gasteiger partial charge in [-0.15, -0.1) is 0 Å². The molecule has 3 nitrogen and oxygen atoms in total. The van der Waals surface area contributed by atoms with Crippen LogP contribution < -0.4 is 0 Å². The van der Waals surface area contributed by atoms with Gasteiger partial charge in [0.1, 0.15) is 0 Å². The van der Waals surface area contributed by atoms with Crippen molar-refractivity contribution in [2.45, 2.75) is 19.4 Å². The first-order valence-electron chi connectivity index (χ1n) is 6.00. The highest BCUT2D eigenvalue weighted by Crippen LogP contribution is 2.15. The van der Waals surface area contributed by atoms with Gasteiger partial charge in [0, 0.05) is 7.11 Å². The van der Waals surface area contributed by atoms with Crippen molar-refractivity contribution in [3.05, 3.63) is 42.0 Å². The summed E-state index contributed by atoms with van der Waals surface area (Å²) in [4.78, 5) is 11.2. The molecule has 0 aliphatic heterocycles. The largest absolute Gasteiger partial charge is 0.469 e. The second-order valence-corrected chi connectivity index (χ2v) is 4.23. The first-order valence-corrected chi connectivity index (χ1v) is 6.00. The van der Waals surface area contributed by atoms with E-state index in [0.29, 0.717) is 6.42 Å². The van der Waals surface area contributed by atoms with Gasteiger partial charge in [0.15, 0.2) is 0 Å². The molecule has 0 fully saturated rings. The van der Waals surface area contributed by atoms with Crippen molar-refractivity contribution in [3.8, 4) is 0 Å². The van der Waals surface area contributed by atoms with Crippen LogP contribution in [-0.4, -0.2) is 26.3 Å². The van der Waals surface area contributed by atoms with Crippen molar-refractivity contribution in [1.29, 1.82) is 0 Å². The van der Waals surface area contributed by atoms with E-state index in [2.05, 4.69) is 4.74 Å². The molecule has 2 atom stereocenters. The van der Waals surface area contributed by atoms with E-state index >= 15 is 0 Å². The van der Waals surface area contributed by atoms with Crippen LogP contribution in [0.3, 0.4) is 0 Å². The van der Waals surface area contributed by atoms with Crippen LogP contribution in [0.25, 0.3) is 6.08 Å². The summed E-state index contributed by atoms with van der Waals surface area (Å²) >= 11 is 0. The third-order valence-corrected chi connectivity index (χ3v) is 2.83. The average Bonchev–Trinajstić information content (AvgIpc) is 2.40. The number of hydrogen-bond acceptors (Lipinski definition) is 3. The fourth-order valence-corrected chi connectivity index (χ4v) is 1.73. The van der Waals surface area contributed by atoms with Gasteiger partial charge in [-0.1, -0.05) is 49.4 Å². The SMILES string of the molecule is COC(=O)C[C@H](C)[C@H](/C=C/c1ccccc1)OC. The fraction of sp³-hybridized carbons (Fsp3) is 0.400. The van der Waals surface area contributed by atoms with Crippen molar-refractivity contribution in [2.24, 2.45) is 5.92 Å². The molecule has 0 aliphatic rings. The number of ether oxygens (including phenoxy) is 2. The van der Waals surface area contributed by atoms with Gasteiger partial charge in [-0.2, -0.15) is 0 Å². The maximum Gasteiger partial charge on any atom is 0.305 e. The van der Waals surface area contributed by atoms with E-state index < -0.39 is 0 Å². The van der Waals surface area contributed by atoms with Gasteiger partial charge in [-0.25, -0.2) is 0 Å². The van der Waals surface area contributed by atoms with Gasteiger partial charge < -0.3 is 9.47 Å². The molecule has 1 rings (SSSR count). The number of esters is 1. The Labute approximate surface area is 108 Å². The Balaban J connectivity index is 2.61. The highest BCUT2D eigenvalue weighted by atomic mass is 16.5. The maximum atomic E-state index is 11.2. The lowest BCUT2D eigenvalue weighted by Crippen LogP contribution is -2.21. The second kappa shape index (κ2) is 7.67. The zero-order valence-corrected chi connectivity index (χ0v) is 11.1. The molecule has 0 spiro atoms. The molecule has 0 saturated heterocycles. The molecule has 0 N–H and O–H groups in total. The Morgan fingerprint density at radius 1 is 1.28 bits per heavy atom. The fourth-order valence-electron chi connectivity index (χ4n) is 1.73. The molecule has 98 valence electrons. The summed E-state index contributed by atoms with van der Waals surface area (Å²) in [7, 11) is 3.05. The summed E-state index contributed by atoms with van der Waals surface area (Å²) in [5.41, 5.74) is 1.12. The van der Waals surface area contributed by atoms with E-state index in [4.69, 9.17) is 4.74 Å². The topological polar surface area (TPSA) is 35.5 Å². The molecule has 18 heavy (non-hydrogen) atoms. The molecule has 1 aromatic carbocycles. The van der Waals surface area contributed by atoms with Crippen LogP contribution in [0.4, 0.5) is 0 Å². The Morgan fingerprint density at radius 2 is 1.94 bits per heavy atom. The molecular weight excluding hydrogens is 228 g/mol. The summed E-state index contributed by atoms with van der Waals surface area (Å²) in [6.07, 6.45) is 4.24. The summed E-state index contributed by atoms with van der Waals surface area (Å²) in [6.45, 7) is 1.97. The Hall–Kier alpha value is -1.61. The lowest BCUT2D eigenvalue weighted by atomic mass is 9.99. The van der Waals surface area contributed by atoms with Gasteiger partial charge in [0.05, 0.1) is 19.6 Å². The minimum absolute atomic E-state index is 0.0856. The predicted molar refractivity (Wildman–Crippen MR) is 72.1 cm³/mol. The maximum absolute atomic E-state index is 11.2. The minimum Gasteiger partial charge on any atom is -0.469 e. The molecule has 0 heterocycles. The number of benzene rings is 1. The lowest BCUT2D eigenvalue weighted by Gasteiger charge is -2.18. The van der Waals surface area contributed by atoms with Crippen molar-refractivity contribution in [2.75, 3.05) is 14.2 Å². The van der Waals surface area contributed by atoms with Crippen LogP contribution in [0.15, 0.2) is 36.4 Å². The third-order valence-electron chi connectivity index (χ3n) is 2.83. The number of rotatable bonds is 6. The summed E-state index contributed by atoms with van der Waals surface area (Å²) in [5, 5.41) is 0. The van der Waals surface area contributed by atoms with Crippen LogP contribution >= 0.6 is 0 Å². The van der Waals surface area contributed by atoms with E-state index in [1.807, 2.05) is 49.4 Å². The minimum atomic E-state index is -0.210. The number of carbonyl (C=O) groups excluding carboxylic acids is 1. The average molecular weight is 248 g/mol. The van der Waals surface area contributed by atoms with E-state index in [9.17, 15) is 4.79 Å². The van der Waals surface area contributed by atoms with Gasteiger partial charge in [-0.3, -0.25) is 4.79 Å². The zero-order valence-electron chi connectivity index (χ0n) is 11.1. The third kappa shape index (κ3) is 4.72. The van der Waals surface area contributed by atoms with Gasteiger partial charge in [-0.05, 0) is 11.5 Å². The van der Waals surface area contributed by atoms with Crippen molar-refractivity contribution >= 4 is 12.0 Å². The highest BCUT2D eigenvalue weighted by molar-refractivity contribution is 5.69. The first-order chi connectivity index (χ1) is 8.67. The predicted octanol–water partition coefficient (Wildman–Crippen LogP) is 2.91. The van der Waals surface area contributed by atoms with Crippen LogP contribution in [0.1, 0.15) is 18.9 Å². The Bertz CT molecular complexity index is 384. The van der Waals surface area contributed by atoms with Gasteiger partial charge in [0.2, 0.25) is 0 Å². The molecule has 3 heteroatoms. The van der Waals surface area contributed by atoms with Crippen LogP contribution in [0.5, 0.6) is 0 Å². The lowest BCUT2D eigenvalue weighted by molar-refractivity contribution is -0.142. The molecular formula is C15H20O3. The molecule has 0 aliphatic carbocycles. The molecule has 1 aromatic rings. The highest BCUT2D eigenvalue weighted by Gasteiger charge is 2.17. The van der Waals surface area contributed by atoms with Gasteiger partial charge >= 0.3 is 5.97 Å². The van der Waals surface area contributed by atoms with E-state index in [1.54, 1.807) is 7.11 Å². The van der Waals surface area contributed by atoms with E-state index in [1.165, 1.54) is 7.11 Å². The molecule has 0 bridgehead atoms. The number of hydrogen-bond donors (Lipinski definition) is 0. The molecule has 0 saturated carbocycles. The van der Waals surface area contributed by atoms with E-state index in [0.717, 1.165) is 5.56 Å². The Morgan fingerprint density at radius 3 is 2.50 bits per heavy atom. The first kappa shape index (κ1) is 14.5. The number of methoxy groups -OCH3 is 2. The summed E-state index contributed by atoms with van der Waals surface area (Å²) in [5.74, 6) is -0.125. The quantitative estimate of drug-likeness (QED) is 0.726. The smallest absolute Gasteiger partial charge is 0.305 e. The molecule has 0 aromatic heterocycles. The second-order valence-electron chi connectivity index (χ2n) is 4.23. The molecule has 0 amide bonds. The molecule has 0 radical (unpaired) electrons. The van der Waals surface area contributed by atoms with Crippen LogP contribution in [0, 0.1) is 5.92 Å². The Kier molecular flexibility index (Phi) is 6.15. The van der Waals surface area contributed by atoms with Crippen molar-refractivity contribution < 1.29 is 14.3 Å². The molecule has 0 unspecified atom stereocenters. The van der Waals surface area contributed by atoms with Crippen LogP contribution in [0.2, 0.25) is 0 Å². The normalized spacial score (nSPS) is 14.4. The summed E-state index contributed by atoms with van der Waals surface area (Å²) < 4.78 is 10.0. The monoisotopic (exact) mass is 248 g/mol. The number of carbonyl (C=O) groups is 1. The van der Waals surface area contributed by atoms with Crippen LogP contribution in [-0.2, 0) is 14.3 Å². The zero-order chi connectivity index (χ0) is 13.4. The van der Waals surface area contributed by atoms with Crippen molar-refractivity contribution in [1.82, 2.24) is 0 Å². The van der Waals surface area contributed by atoms with E-state index in [-0.39, 0.29) is 18.0 Å². The van der Waals surface area contributed by atoms with Gasteiger partial charge in [0.25, 0.3) is 0 Å². The summed E-state index contributed by atoms with van der Waals surface area (Å²) in [6, 6.07) is 9.99.